The number of aryl methyl sites for hydroxylation is 3. The SMILES string of the molecule is CCCn1cc(C(=O)c2cc(C)nnc2CC)cn1. The molecule has 0 unspecified atom stereocenters. The normalized spacial score (nSPS) is 10.7. The van der Waals surface area contributed by atoms with Gasteiger partial charge in [-0.1, -0.05) is 13.8 Å². The smallest absolute Gasteiger partial charge is 0.198 e. The van der Waals surface area contributed by atoms with Gasteiger partial charge >= 0.3 is 0 Å². The van der Waals surface area contributed by atoms with Gasteiger partial charge in [-0.05, 0) is 25.8 Å². The van der Waals surface area contributed by atoms with Gasteiger partial charge in [0, 0.05) is 18.3 Å². The summed E-state index contributed by atoms with van der Waals surface area (Å²) in [6.45, 7) is 6.70. The first-order valence-corrected chi connectivity index (χ1v) is 6.56. The van der Waals surface area contributed by atoms with Gasteiger partial charge in [-0.15, -0.1) is 0 Å². The minimum Gasteiger partial charge on any atom is -0.288 e. The zero-order chi connectivity index (χ0) is 13.8. The second-order valence-electron chi connectivity index (χ2n) is 4.52. The Kier molecular flexibility index (Phi) is 4.04. The van der Waals surface area contributed by atoms with E-state index in [2.05, 4.69) is 22.2 Å². The Balaban J connectivity index is 2.34. The number of aromatic nitrogens is 4. The van der Waals surface area contributed by atoms with E-state index >= 15 is 0 Å². The van der Waals surface area contributed by atoms with Crippen molar-refractivity contribution in [2.24, 2.45) is 0 Å². The van der Waals surface area contributed by atoms with Crippen molar-refractivity contribution in [1.82, 2.24) is 20.0 Å². The Bertz CT molecular complexity index is 589. The van der Waals surface area contributed by atoms with E-state index in [1.54, 1.807) is 23.1 Å². The molecule has 0 saturated carbocycles. The van der Waals surface area contributed by atoms with Crippen LogP contribution in [0.25, 0.3) is 0 Å². The Labute approximate surface area is 112 Å². The monoisotopic (exact) mass is 258 g/mol. The summed E-state index contributed by atoms with van der Waals surface area (Å²) < 4.78 is 1.79. The molecule has 0 saturated heterocycles. The van der Waals surface area contributed by atoms with Gasteiger partial charge in [-0.25, -0.2) is 0 Å². The van der Waals surface area contributed by atoms with E-state index in [0.717, 1.165) is 24.4 Å². The number of ketones is 1. The molecule has 0 spiro atoms. The van der Waals surface area contributed by atoms with E-state index in [4.69, 9.17) is 0 Å². The number of carbonyl (C=O) groups excluding carboxylic acids is 1. The van der Waals surface area contributed by atoms with Crippen LogP contribution in [0.4, 0.5) is 0 Å². The van der Waals surface area contributed by atoms with E-state index in [1.807, 2.05) is 13.8 Å². The van der Waals surface area contributed by atoms with E-state index in [-0.39, 0.29) is 5.78 Å². The fourth-order valence-electron chi connectivity index (χ4n) is 1.96. The molecule has 0 aromatic carbocycles. The molecule has 0 radical (unpaired) electrons. The molecule has 0 aliphatic carbocycles. The Morgan fingerprint density at radius 3 is 2.79 bits per heavy atom. The standard InChI is InChI=1S/C14H18N4O/c1-4-6-18-9-11(8-15-18)14(19)12-7-10(3)16-17-13(12)5-2/h7-9H,4-6H2,1-3H3. The zero-order valence-corrected chi connectivity index (χ0v) is 11.6. The maximum Gasteiger partial charge on any atom is 0.198 e. The summed E-state index contributed by atoms with van der Waals surface area (Å²) in [5.74, 6) is -0.0304. The van der Waals surface area contributed by atoms with Gasteiger partial charge in [-0.2, -0.15) is 15.3 Å². The van der Waals surface area contributed by atoms with Crippen LogP contribution < -0.4 is 0 Å². The molecule has 0 atom stereocenters. The highest BCUT2D eigenvalue weighted by atomic mass is 16.1. The Morgan fingerprint density at radius 2 is 2.11 bits per heavy atom. The largest absolute Gasteiger partial charge is 0.288 e. The van der Waals surface area contributed by atoms with Crippen molar-refractivity contribution >= 4 is 5.78 Å². The zero-order valence-electron chi connectivity index (χ0n) is 11.6. The molecule has 2 rings (SSSR count). The van der Waals surface area contributed by atoms with Gasteiger partial charge in [0.05, 0.1) is 23.1 Å². The van der Waals surface area contributed by atoms with Gasteiger partial charge in [0.2, 0.25) is 0 Å². The van der Waals surface area contributed by atoms with Gasteiger partial charge in [0.1, 0.15) is 0 Å². The lowest BCUT2D eigenvalue weighted by atomic mass is 10.0. The van der Waals surface area contributed by atoms with Crippen molar-refractivity contribution in [3.05, 3.63) is 41.0 Å². The fraction of sp³-hybridized carbons (Fsp3) is 0.429. The molecule has 2 aromatic heterocycles. The van der Waals surface area contributed by atoms with Crippen LogP contribution in [0.5, 0.6) is 0 Å². The number of carbonyl (C=O) groups is 1. The minimum atomic E-state index is -0.0304. The van der Waals surface area contributed by atoms with E-state index in [0.29, 0.717) is 17.5 Å². The summed E-state index contributed by atoms with van der Waals surface area (Å²) in [6, 6.07) is 1.80. The summed E-state index contributed by atoms with van der Waals surface area (Å²) in [7, 11) is 0. The molecule has 5 nitrogen and oxygen atoms in total. The molecule has 0 N–H and O–H groups in total. The number of hydrogen-bond donors (Lipinski definition) is 0. The maximum atomic E-state index is 12.5. The summed E-state index contributed by atoms with van der Waals surface area (Å²) in [5.41, 5.74) is 2.72. The average molecular weight is 258 g/mol. The number of rotatable bonds is 5. The summed E-state index contributed by atoms with van der Waals surface area (Å²) >= 11 is 0. The first-order chi connectivity index (χ1) is 9.15. The maximum absolute atomic E-state index is 12.5. The van der Waals surface area contributed by atoms with Crippen LogP contribution in [-0.2, 0) is 13.0 Å². The summed E-state index contributed by atoms with van der Waals surface area (Å²) in [4.78, 5) is 12.5. The average Bonchev–Trinajstić information content (AvgIpc) is 2.87. The number of nitrogens with zero attached hydrogens (tertiary/aromatic N) is 4. The van der Waals surface area contributed by atoms with Crippen molar-refractivity contribution in [2.75, 3.05) is 0 Å². The van der Waals surface area contributed by atoms with E-state index < -0.39 is 0 Å². The highest BCUT2D eigenvalue weighted by molar-refractivity contribution is 6.09. The van der Waals surface area contributed by atoms with Crippen LogP contribution >= 0.6 is 0 Å². The summed E-state index contributed by atoms with van der Waals surface area (Å²) in [5, 5.41) is 12.3. The van der Waals surface area contributed by atoms with Crippen LogP contribution in [0, 0.1) is 6.92 Å². The van der Waals surface area contributed by atoms with Crippen molar-refractivity contribution in [1.29, 1.82) is 0 Å². The van der Waals surface area contributed by atoms with Crippen LogP contribution in [0.3, 0.4) is 0 Å². The molecule has 0 amide bonds. The van der Waals surface area contributed by atoms with Crippen LogP contribution in [0.15, 0.2) is 18.5 Å². The summed E-state index contributed by atoms with van der Waals surface area (Å²) in [6.07, 6.45) is 5.09. The predicted octanol–water partition coefficient (Wildman–Crippen LogP) is 2.18. The minimum absolute atomic E-state index is 0.0304. The molecule has 2 aromatic rings. The first kappa shape index (κ1) is 13.4. The Morgan fingerprint density at radius 1 is 1.32 bits per heavy atom. The molecule has 0 aliphatic rings. The topological polar surface area (TPSA) is 60.7 Å². The van der Waals surface area contributed by atoms with Crippen LogP contribution in [0.1, 0.15) is 47.6 Å². The highest BCUT2D eigenvalue weighted by Crippen LogP contribution is 2.13. The number of hydrogen-bond acceptors (Lipinski definition) is 4. The second kappa shape index (κ2) is 5.73. The van der Waals surface area contributed by atoms with Gasteiger partial charge in [-0.3, -0.25) is 9.48 Å². The van der Waals surface area contributed by atoms with Gasteiger partial charge in [0.15, 0.2) is 5.78 Å². The van der Waals surface area contributed by atoms with Crippen molar-refractivity contribution in [2.45, 2.75) is 40.2 Å². The molecule has 2 heterocycles. The second-order valence-corrected chi connectivity index (χ2v) is 4.52. The molecular weight excluding hydrogens is 240 g/mol. The quantitative estimate of drug-likeness (QED) is 0.771. The molecule has 100 valence electrons. The molecule has 5 heteroatoms. The van der Waals surface area contributed by atoms with Crippen molar-refractivity contribution in [3.8, 4) is 0 Å². The third kappa shape index (κ3) is 2.86. The highest BCUT2D eigenvalue weighted by Gasteiger charge is 2.16. The molecule has 19 heavy (non-hydrogen) atoms. The lowest BCUT2D eigenvalue weighted by Gasteiger charge is -2.04. The lowest BCUT2D eigenvalue weighted by molar-refractivity contribution is 0.103. The first-order valence-electron chi connectivity index (χ1n) is 6.56. The van der Waals surface area contributed by atoms with Crippen LogP contribution in [-0.4, -0.2) is 25.8 Å². The van der Waals surface area contributed by atoms with Gasteiger partial charge in [0.25, 0.3) is 0 Å². The molecule has 0 bridgehead atoms. The Hall–Kier alpha value is -2.04. The molecular formula is C14H18N4O. The molecule has 0 fully saturated rings. The van der Waals surface area contributed by atoms with Crippen molar-refractivity contribution in [3.63, 3.8) is 0 Å². The lowest BCUT2D eigenvalue weighted by Crippen LogP contribution is -2.08. The van der Waals surface area contributed by atoms with Gasteiger partial charge < -0.3 is 0 Å². The third-order valence-electron chi connectivity index (χ3n) is 2.92. The van der Waals surface area contributed by atoms with E-state index in [1.165, 1.54) is 0 Å². The fourth-order valence-corrected chi connectivity index (χ4v) is 1.96. The predicted molar refractivity (Wildman–Crippen MR) is 72.1 cm³/mol. The third-order valence-corrected chi connectivity index (χ3v) is 2.92. The van der Waals surface area contributed by atoms with E-state index in [9.17, 15) is 4.79 Å². The molecule has 0 aliphatic heterocycles. The van der Waals surface area contributed by atoms with Crippen LogP contribution in [0.2, 0.25) is 0 Å². The van der Waals surface area contributed by atoms with Crippen molar-refractivity contribution < 1.29 is 4.79 Å².